The van der Waals surface area contributed by atoms with Gasteiger partial charge in [-0.15, -0.1) is 0 Å². The Hall–Kier alpha value is -2.18. The van der Waals surface area contributed by atoms with E-state index in [2.05, 4.69) is 15.0 Å². The molecule has 0 bridgehead atoms. The Balaban J connectivity index is 1.92. The summed E-state index contributed by atoms with van der Waals surface area (Å²) in [6, 6.07) is 9.04. The monoisotopic (exact) mass is 330 g/mol. The van der Waals surface area contributed by atoms with Crippen LogP contribution in [0, 0.1) is 0 Å². The molecular weight excluding hydrogens is 320 g/mol. The molecule has 0 saturated carbocycles. The van der Waals surface area contributed by atoms with Crippen LogP contribution >= 0.6 is 23.4 Å². The van der Waals surface area contributed by atoms with E-state index >= 15 is 0 Å². The van der Waals surface area contributed by atoms with Crippen LogP contribution < -0.4 is 0 Å². The summed E-state index contributed by atoms with van der Waals surface area (Å²) in [6.07, 6.45) is 5.02. The van der Waals surface area contributed by atoms with Gasteiger partial charge in [0.25, 0.3) is 5.91 Å². The van der Waals surface area contributed by atoms with Crippen molar-refractivity contribution in [3.63, 3.8) is 0 Å². The highest BCUT2D eigenvalue weighted by atomic mass is 35.5. The van der Waals surface area contributed by atoms with Crippen molar-refractivity contribution in [1.29, 1.82) is 0 Å². The maximum absolute atomic E-state index is 12.3. The zero-order chi connectivity index (χ0) is 15.5. The number of aliphatic imine (C=N–C) groups is 1. The zero-order valence-corrected chi connectivity index (χ0v) is 13.2. The number of amides is 1. The summed E-state index contributed by atoms with van der Waals surface area (Å²) >= 11 is 7.28. The average molecular weight is 331 g/mol. The van der Waals surface area contributed by atoms with Gasteiger partial charge in [0, 0.05) is 19.4 Å². The van der Waals surface area contributed by atoms with E-state index in [0.29, 0.717) is 20.9 Å². The number of carbonyl (C=O) groups is 1. The third kappa shape index (κ3) is 3.03. The quantitative estimate of drug-likeness (QED) is 0.625. The molecule has 0 atom stereocenters. The number of aromatic nitrogens is 2. The number of carbonyl (C=O) groups excluding carboxylic acids is 1. The molecule has 2 aromatic heterocycles. The molecule has 7 heteroatoms. The van der Waals surface area contributed by atoms with Crippen molar-refractivity contribution < 1.29 is 4.79 Å². The van der Waals surface area contributed by atoms with Gasteiger partial charge < -0.3 is 0 Å². The molecule has 3 heterocycles. The summed E-state index contributed by atoms with van der Waals surface area (Å²) in [5, 5.41) is 0.862. The van der Waals surface area contributed by atoms with Gasteiger partial charge in [0.05, 0.1) is 10.6 Å². The van der Waals surface area contributed by atoms with Crippen LogP contribution in [0.1, 0.15) is 5.69 Å². The number of rotatable bonds is 2. The Morgan fingerprint density at radius 1 is 1.23 bits per heavy atom. The molecule has 1 amide bonds. The number of nitrogens with zero attached hydrogens (tertiary/aromatic N) is 4. The Morgan fingerprint density at radius 3 is 2.77 bits per heavy atom. The van der Waals surface area contributed by atoms with Crippen LogP contribution in [0.4, 0.5) is 5.69 Å². The third-order valence-corrected chi connectivity index (χ3v) is 4.28. The fourth-order valence-corrected chi connectivity index (χ4v) is 2.94. The predicted molar refractivity (Wildman–Crippen MR) is 88.9 cm³/mol. The SMILES string of the molecule is CN1C(=O)/C(=C/c2ccccn2)SC1=Nc1cccnc1Cl. The van der Waals surface area contributed by atoms with Crippen molar-refractivity contribution in [2.45, 2.75) is 0 Å². The lowest BCUT2D eigenvalue weighted by atomic mass is 10.3. The highest BCUT2D eigenvalue weighted by molar-refractivity contribution is 8.18. The van der Waals surface area contributed by atoms with Gasteiger partial charge in [-0.3, -0.25) is 14.7 Å². The van der Waals surface area contributed by atoms with Gasteiger partial charge in [0.15, 0.2) is 10.3 Å². The van der Waals surface area contributed by atoms with E-state index in [1.165, 1.54) is 16.7 Å². The molecule has 22 heavy (non-hydrogen) atoms. The molecule has 0 spiro atoms. The predicted octanol–water partition coefficient (Wildman–Crippen LogP) is 3.36. The van der Waals surface area contributed by atoms with Gasteiger partial charge in [-0.25, -0.2) is 9.98 Å². The molecule has 5 nitrogen and oxygen atoms in total. The van der Waals surface area contributed by atoms with E-state index in [4.69, 9.17) is 11.6 Å². The molecular formula is C15H11ClN4OS. The minimum atomic E-state index is -0.116. The van der Waals surface area contributed by atoms with Crippen molar-refractivity contribution >= 4 is 46.2 Å². The van der Waals surface area contributed by atoms with Crippen LogP contribution in [0.15, 0.2) is 52.6 Å². The molecule has 110 valence electrons. The first-order valence-corrected chi connectivity index (χ1v) is 7.62. The van der Waals surface area contributed by atoms with Crippen molar-refractivity contribution in [3.8, 4) is 0 Å². The van der Waals surface area contributed by atoms with Crippen LogP contribution in [0.3, 0.4) is 0 Å². The molecule has 0 N–H and O–H groups in total. The Labute approximate surface area is 136 Å². The first-order valence-electron chi connectivity index (χ1n) is 6.43. The van der Waals surface area contributed by atoms with Gasteiger partial charge in [0.1, 0.15) is 5.69 Å². The summed E-state index contributed by atoms with van der Waals surface area (Å²) in [4.78, 5) is 26.9. The van der Waals surface area contributed by atoms with Crippen molar-refractivity contribution in [2.75, 3.05) is 7.05 Å². The van der Waals surface area contributed by atoms with Crippen LogP contribution in [0.2, 0.25) is 5.15 Å². The van der Waals surface area contributed by atoms with Gasteiger partial charge in [-0.05, 0) is 42.1 Å². The topological polar surface area (TPSA) is 58.5 Å². The first-order chi connectivity index (χ1) is 10.6. The van der Waals surface area contributed by atoms with E-state index in [9.17, 15) is 4.79 Å². The van der Waals surface area contributed by atoms with E-state index in [0.717, 1.165) is 5.69 Å². The lowest BCUT2D eigenvalue weighted by molar-refractivity contribution is -0.121. The normalized spacial score (nSPS) is 18.5. The molecule has 1 aliphatic rings. The maximum atomic E-state index is 12.3. The maximum Gasteiger partial charge on any atom is 0.266 e. The van der Waals surface area contributed by atoms with E-state index in [1.807, 2.05) is 18.2 Å². The molecule has 1 aliphatic heterocycles. The molecule has 0 aromatic carbocycles. The van der Waals surface area contributed by atoms with Crippen LogP contribution in [0.25, 0.3) is 6.08 Å². The number of halogens is 1. The summed E-state index contributed by atoms with van der Waals surface area (Å²) < 4.78 is 0. The van der Waals surface area contributed by atoms with Gasteiger partial charge >= 0.3 is 0 Å². The fraction of sp³-hybridized carbons (Fsp3) is 0.0667. The smallest absolute Gasteiger partial charge is 0.266 e. The number of thioether (sulfide) groups is 1. The number of amidine groups is 1. The molecule has 1 saturated heterocycles. The largest absolute Gasteiger partial charge is 0.290 e. The zero-order valence-electron chi connectivity index (χ0n) is 11.6. The summed E-state index contributed by atoms with van der Waals surface area (Å²) in [5.41, 5.74) is 1.26. The number of hydrogen-bond acceptors (Lipinski definition) is 5. The highest BCUT2D eigenvalue weighted by Gasteiger charge is 2.30. The van der Waals surface area contributed by atoms with Gasteiger partial charge in [-0.2, -0.15) is 0 Å². The first kappa shape index (κ1) is 14.7. The highest BCUT2D eigenvalue weighted by Crippen LogP contribution is 2.33. The summed E-state index contributed by atoms with van der Waals surface area (Å²) in [7, 11) is 1.68. The minimum Gasteiger partial charge on any atom is -0.290 e. The lowest BCUT2D eigenvalue weighted by Crippen LogP contribution is -2.23. The summed E-state index contributed by atoms with van der Waals surface area (Å²) in [5.74, 6) is -0.116. The molecule has 3 rings (SSSR count). The van der Waals surface area contributed by atoms with Gasteiger partial charge in [-0.1, -0.05) is 17.7 Å². The summed E-state index contributed by atoms with van der Waals surface area (Å²) in [6.45, 7) is 0. The third-order valence-electron chi connectivity index (χ3n) is 2.93. The Bertz CT molecular complexity index is 776. The number of likely N-dealkylation sites (N-methyl/N-ethyl adjacent to an activating group) is 1. The Kier molecular flexibility index (Phi) is 4.22. The van der Waals surface area contributed by atoms with Crippen LogP contribution in [0.5, 0.6) is 0 Å². The van der Waals surface area contributed by atoms with Gasteiger partial charge in [0.2, 0.25) is 0 Å². The number of hydrogen-bond donors (Lipinski definition) is 0. The second-order valence-electron chi connectivity index (χ2n) is 4.44. The molecule has 0 radical (unpaired) electrons. The average Bonchev–Trinajstić information content (AvgIpc) is 2.79. The van der Waals surface area contributed by atoms with Crippen molar-refractivity contribution in [1.82, 2.24) is 14.9 Å². The molecule has 1 fully saturated rings. The van der Waals surface area contributed by atoms with E-state index in [-0.39, 0.29) is 5.91 Å². The second kappa shape index (κ2) is 6.29. The number of pyridine rings is 2. The standard InChI is InChI=1S/C15H11ClN4OS/c1-20-14(21)12(9-10-5-2-3-7-17-10)22-15(20)19-11-6-4-8-18-13(11)16/h2-9H,1H3/b12-9-,19-15?. The molecule has 2 aromatic rings. The van der Waals surface area contributed by atoms with Crippen molar-refractivity contribution in [2.24, 2.45) is 4.99 Å². The lowest BCUT2D eigenvalue weighted by Gasteiger charge is -2.07. The van der Waals surface area contributed by atoms with Crippen molar-refractivity contribution in [3.05, 3.63) is 58.5 Å². The Morgan fingerprint density at radius 2 is 2.05 bits per heavy atom. The van der Waals surface area contributed by atoms with Crippen LogP contribution in [-0.4, -0.2) is 33.0 Å². The fourth-order valence-electron chi connectivity index (χ4n) is 1.81. The molecule has 0 aliphatic carbocycles. The van der Waals surface area contributed by atoms with Crippen LogP contribution in [-0.2, 0) is 4.79 Å². The molecule has 0 unspecified atom stereocenters. The second-order valence-corrected chi connectivity index (χ2v) is 5.80. The van der Waals surface area contributed by atoms with E-state index < -0.39 is 0 Å². The minimum absolute atomic E-state index is 0.116. The van der Waals surface area contributed by atoms with E-state index in [1.54, 1.807) is 37.7 Å².